The van der Waals surface area contributed by atoms with Crippen molar-refractivity contribution in [2.24, 2.45) is 17.8 Å². The second-order valence-corrected chi connectivity index (χ2v) is 12.3. The molecule has 5 unspecified atom stereocenters. The molecule has 226 valence electrons. The Morgan fingerprint density at radius 1 is 1.02 bits per heavy atom. The number of imide groups is 1. The second-order valence-electron chi connectivity index (χ2n) is 11.7. The summed E-state index contributed by atoms with van der Waals surface area (Å²) >= 11 is 4.54. The Kier molecular flexibility index (Phi) is 10.6. The van der Waals surface area contributed by atoms with Crippen LogP contribution in [0.25, 0.3) is 0 Å². The number of nitrogens with zero attached hydrogens (tertiary/aromatic N) is 2. The minimum Gasteiger partial charge on any atom is -0.357 e. The van der Waals surface area contributed by atoms with Gasteiger partial charge in [-0.3, -0.25) is 28.9 Å². The lowest BCUT2D eigenvalue weighted by atomic mass is 9.81. The van der Waals surface area contributed by atoms with E-state index in [-0.39, 0.29) is 53.8 Å². The van der Waals surface area contributed by atoms with E-state index in [9.17, 15) is 24.0 Å². The molecule has 42 heavy (non-hydrogen) atoms. The highest BCUT2D eigenvalue weighted by Crippen LogP contribution is 2.32. The smallest absolute Gasteiger partial charge is 0.261 e. The van der Waals surface area contributed by atoms with E-state index in [1.54, 1.807) is 36.2 Å². The molecular weight excluding hydrogens is 552 g/mol. The third kappa shape index (κ3) is 6.97. The molecule has 0 saturated carbocycles. The lowest BCUT2D eigenvalue weighted by molar-refractivity contribution is -0.144. The summed E-state index contributed by atoms with van der Waals surface area (Å²) in [5.41, 5.74) is 0.843. The largest absolute Gasteiger partial charge is 0.357 e. The van der Waals surface area contributed by atoms with Crippen molar-refractivity contribution >= 4 is 42.2 Å². The Bertz CT molecular complexity index is 1230. The number of amides is 5. The van der Waals surface area contributed by atoms with Gasteiger partial charge in [-0.2, -0.15) is 12.6 Å². The molecule has 0 spiro atoms. The Morgan fingerprint density at radius 2 is 1.71 bits per heavy atom. The molecule has 0 bridgehead atoms. The van der Waals surface area contributed by atoms with E-state index in [2.05, 4.69) is 35.4 Å². The summed E-state index contributed by atoms with van der Waals surface area (Å²) in [5.74, 6) is -1.04. The van der Waals surface area contributed by atoms with E-state index in [0.29, 0.717) is 43.4 Å². The molecule has 2 heterocycles. The van der Waals surface area contributed by atoms with Gasteiger partial charge in [0.25, 0.3) is 11.8 Å². The van der Waals surface area contributed by atoms with Crippen LogP contribution in [0.15, 0.2) is 48.6 Å². The zero-order valence-corrected chi connectivity index (χ0v) is 25.5. The Morgan fingerprint density at radius 3 is 2.31 bits per heavy atom. The van der Waals surface area contributed by atoms with Crippen LogP contribution in [0.2, 0.25) is 0 Å². The molecule has 1 fully saturated rings. The summed E-state index contributed by atoms with van der Waals surface area (Å²) in [5, 5.41) is 5.00. The van der Waals surface area contributed by atoms with Gasteiger partial charge in [0, 0.05) is 20.1 Å². The summed E-state index contributed by atoms with van der Waals surface area (Å²) in [7, 11) is 1.57. The third-order valence-corrected chi connectivity index (χ3v) is 9.06. The molecule has 10 heteroatoms. The van der Waals surface area contributed by atoms with Crippen LogP contribution < -0.4 is 10.6 Å². The van der Waals surface area contributed by atoms with Crippen molar-refractivity contribution in [3.8, 4) is 0 Å². The number of hydrogen-bond donors (Lipinski definition) is 3. The maximum Gasteiger partial charge on any atom is 0.261 e. The maximum atomic E-state index is 13.9. The third-order valence-electron chi connectivity index (χ3n) is 8.57. The van der Waals surface area contributed by atoms with Crippen molar-refractivity contribution in [1.82, 2.24) is 20.4 Å². The van der Waals surface area contributed by atoms with E-state index in [1.807, 2.05) is 26.0 Å². The molecule has 1 aromatic rings. The van der Waals surface area contributed by atoms with Gasteiger partial charge < -0.3 is 15.5 Å². The molecule has 0 radical (unpaired) electrons. The molecule has 5 amide bonds. The van der Waals surface area contributed by atoms with Crippen LogP contribution in [-0.4, -0.2) is 76.8 Å². The van der Waals surface area contributed by atoms with Crippen LogP contribution in [-0.2, 0) is 14.4 Å². The van der Waals surface area contributed by atoms with Gasteiger partial charge in [-0.25, -0.2) is 0 Å². The normalized spacial score (nSPS) is 23.5. The fraction of sp³-hybridized carbons (Fsp3) is 0.531. The van der Waals surface area contributed by atoms with E-state index >= 15 is 0 Å². The molecule has 5 atom stereocenters. The van der Waals surface area contributed by atoms with Gasteiger partial charge in [0.15, 0.2) is 0 Å². The summed E-state index contributed by atoms with van der Waals surface area (Å²) in [6.45, 7) is 4.56. The van der Waals surface area contributed by atoms with Crippen LogP contribution in [0.3, 0.4) is 0 Å². The highest BCUT2D eigenvalue weighted by atomic mass is 32.1. The van der Waals surface area contributed by atoms with Crippen LogP contribution >= 0.6 is 12.6 Å². The average Bonchev–Trinajstić information content (AvgIpc) is 3.12. The zero-order chi connectivity index (χ0) is 30.4. The van der Waals surface area contributed by atoms with Gasteiger partial charge in [0.05, 0.1) is 16.4 Å². The fourth-order valence-electron chi connectivity index (χ4n) is 6.27. The maximum absolute atomic E-state index is 13.9. The highest BCUT2D eigenvalue weighted by molar-refractivity contribution is 7.81. The van der Waals surface area contributed by atoms with Crippen molar-refractivity contribution in [2.75, 3.05) is 20.1 Å². The molecule has 9 nitrogen and oxygen atoms in total. The van der Waals surface area contributed by atoms with Crippen LogP contribution in [0.4, 0.5) is 0 Å². The average molecular weight is 595 g/mol. The lowest BCUT2D eigenvalue weighted by Gasteiger charge is -2.34. The Balaban J connectivity index is 1.37. The number of allylic oxidation sites excluding steroid dienone is 4. The quantitative estimate of drug-likeness (QED) is 0.206. The summed E-state index contributed by atoms with van der Waals surface area (Å²) in [6.07, 6.45) is 12.0. The first-order chi connectivity index (χ1) is 20.1. The Hall–Kier alpha value is -3.40. The van der Waals surface area contributed by atoms with Crippen molar-refractivity contribution < 1.29 is 24.0 Å². The van der Waals surface area contributed by atoms with E-state index < -0.39 is 17.3 Å². The number of rotatable bonds is 11. The first kappa shape index (κ1) is 31.5. The van der Waals surface area contributed by atoms with Crippen LogP contribution in [0, 0.1) is 17.8 Å². The molecular formula is C32H42N4O5S. The molecule has 4 rings (SSSR count). The summed E-state index contributed by atoms with van der Waals surface area (Å²) in [6, 6.07) is 5.40. The number of benzene rings is 1. The van der Waals surface area contributed by atoms with Crippen molar-refractivity contribution in [1.29, 1.82) is 0 Å². The van der Waals surface area contributed by atoms with Gasteiger partial charge in [-0.05, 0) is 62.0 Å². The van der Waals surface area contributed by atoms with Gasteiger partial charge in [-0.15, -0.1) is 0 Å². The summed E-state index contributed by atoms with van der Waals surface area (Å²) < 4.78 is 0. The van der Waals surface area contributed by atoms with Crippen LogP contribution in [0.1, 0.15) is 73.1 Å². The topological polar surface area (TPSA) is 116 Å². The predicted octanol–water partition coefficient (Wildman–Crippen LogP) is 3.38. The summed E-state index contributed by atoms with van der Waals surface area (Å²) in [4.78, 5) is 68.0. The lowest BCUT2D eigenvalue weighted by Crippen LogP contribution is -2.57. The van der Waals surface area contributed by atoms with Crippen LogP contribution in [0.5, 0.6) is 0 Å². The Labute approximate surface area is 253 Å². The van der Waals surface area contributed by atoms with E-state index in [0.717, 1.165) is 12.8 Å². The van der Waals surface area contributed by atoms with E-state index in [1.165, 1.54) is 4.90 Å². The number of unbranched alkanes of at least 4 members (excludes halogenated alkanes) is 1. The standard InChI is InChI=1S/C32H42N4O5S/c1-20(2)27(29(38)33-3)35-18-16-22(21-11-5-4-6-12-21)19-25(32(35)41)34-28(37)26(42)15-9-10-17-36-30(39)23-13-7-8-14-24(23)31(36)40/h4-8,11,13-14,20-22,25-27,42H,9-10,12,15-19H2,1-3H3,(H,33,38)(H,34,37). The minimum absolute atomic E-state index is 0.0981. The number of fused-ring (bicyclic) bond motifs is 1. The number of thiol groups is 1. The number of hydrogen-bond acceptors (Lipinski definition) is 6. The molecule has 2 N–H and O–H groups in total. The molecule has 1 saturated heterocycles. The number of nitrogens with one attached hydrogen (secondary N) is 2. The molecule has 0 aromatic heterocycles. The minimum atomic E-state index is -0.761. The fourth-order valence-corrected chi connectivity index (χ4v) is 6.53. The van der Waals surface area contributed by atoms with Gasteiger partial charge in [0.1, 0.15) is 12.1 Å². The second kappa shape index (κ2) is 14.2. The highest BCUT2D eigenvalue weighted by Gasteiger charge is 2.41. The first-order valence-corrected chi connectivity index (χ1v) is 15.4. The van der Waals surface area contributed by atoms with E-state index in [4.69, 9.17) is 0 Å². The SMILES string of the molecule is CNC(=O)C(C(C)C)N1CCC(C2C=CC=CC2)CC(NC(=O)C(S)CCCCN2C(=O)c3ccccc3C2=O)C1=O. The number of carbonyl (C=O) groups is 5. The van der Waals surface area contributed by atoms with Gasteiger partial charge >= 0.3 is 0 Å². The molecule has 2 aliphatic heterocycles. The van der Waals surface area contributed by atoms with Gasteiger partial charge in [-0.1, -0.05) is 56.7 Å². The molecule has 1 aromatic carbocycles. The van der Waals surface area contributed by atoms with Crippen molar-refractivity contribution in [2.45, 2.75) is 69.7 Å². The number of carbonyl (C=O) groups excluding carboxylic acids is 5. The van der Waals surface area contributed by atoms with Gasteiger partial charge in [0.2, 0.25) is 17.7 Å². The van der Waals surface area contributed by atoms with Crippen molar-refractivity contribution in [3.05, 3.63) is 59.7 Å². The zero-order valence-electron chi connectivity index (χ0n) is 24.6. The number of likely N-dealkylation sites (tertiary alicyclic amines) is 1. The van der Waals surface area contributed by atoms with Crippen molar-refractivity contribution in [3.63, 3.8) is 0 Å². The predicted molar refractivity (Wildman–Crippen MR) is 164 cm³/mol. The molecule has 1 aliphatic carbocycles. The molecule has 3 aliphatic rings. The number of likely N-dealkylation sites (N-methyl/N-ethyl adjacent to an activating group) is 1. The first-order valence-electron chi connectivity index (χ1n) is 14.9. The monoisotopic (exact) mass is 594 g/mol.